The zero-order valence-electron chi connectivity index (χ0n) is 17.3. The molecule has 1 amide bonds. The van der Waals surface area contributed by atoms with E-state index in [2.05, 4.69) is 22.1 Å². The van der Waals surface area contributed by atoms with Crippen LogP contribution in [0.1, 0.15) is 57.5 Å². The number of aromatic nitrogens is 3. The van der Waals surface area contributed by atoms with E-state index in [0.717, 1.165) is 54.0 Å². The summed E-state index contributed by atoms with van der Waals surface area (Å²) in [6.45, 7) is 5.19. The minimum atomic E-state index is -0.226. The summed E-state index contributed by atoms with van der Waals surface area (Å²) in [5.41, 5.74) is 5.36. The molecule has 2 aromatic heterocycles. The van der Waals surface area contributed by atoms with Gasteiger partial charge in [0.2, 0.25) is 0 Å². The number of hydrogen-bond acceptors (Lipinski definition) is 4. The van der Waals surface area contributed by atoms with Crippen molar-refractivity contribution >= 4 is 5.91 Å². The van der Waals surface area contributed by atoms with Gasteiger partial charge in [-0.1, -0.05) is 12.1 Å². The number of aryl methyl sites for hydroxylation is 2. The Bertz CT molecular complexity index is 1030. The highest BCUT2D eigenvalue weighted by Gasteiger charge is 2.27. The minimum Gasteiger partial charge on any atom is -0.337 e. The number of carbonyl (C=O) groups excluding carboxylic acids is 1. The average Bonchev–Trinajstić information content (AvgIpc) is 2.75. The molecule has 0 N–H and O–H groups in total. The highest BCUT2D eigenvalue weighted by Crippen LogP contribution is 2.28. The Morgan fingerprint density at radius 1 is 1.07 bits per heavy atom. The number of carbonyl (C=O) groups is 1. The van der Waals surface area contributed by atoms with Gasteiger partial charge in [-0.2, -0.15) is 0 Å². The van der Waals surface area contributed by atoms with Crippen molar-refractivity contribution in [2.75, 3.05) is 13.1 Å². The molecule has 3 heterocycles. The van der Waals surface area contributed by atoms with E-state index in [0.29, 0.717) is 12.2 Å². The Balaban J connectivity index is 1.51. The van der Waals surface area contributed by atoms with Crippen LogP contribution in [-0.4, -0.2) is 38.8 Å². The molecule has 0 aliphatic carbocycles. The molecule has 30 heavy (non-hydrogen) atoms. The monoisotopic (exact) mass is 404 g/mol. The van der Waals surface area contributed by atoms with Crippen LogP contribution in [0.3, 0.4) is 0 Å². The lowest BCUT2D eigenvalue weighted by Crippen LogP contribution is -2.39. The van der Waals surface area contributed by atoms with Crippen LogP contribution in [0.2, 0.25) is 0 Å². The maximum atomic E-state index is 13.2. The lowest BCUT2D eigenvalue weighted by Gasteiger charge is -2.32. The van der Waals surface area contributed by atoms with Gasteiger partial charge in [-0.05, 0) is 68.5 Å². The largest absolute Gasteiger partial charge is 0.337 e. The van der Waals surface area contributed by atoms with Crippen LogP contribution in [0.15, 0.2) is 48.8 Å². The van der Waals surface area contributed by atoms with Gasteiger partial charge in [0.15, 0.2) is 0 Å². The fraction of sp³-hybridized carbons (Fsp3) is 0.333. The van der Waals surface area contributed by atoms with Gasteiger partial charge in [-0.25, -0.2) is 9.37 Å². The second-order valence-electron chi connectivity index (χ2n) is 7.98. The van der Waals surface area contributed by atoms with Gasteiger partial charge in [-0.15, -0.1) is 0 Å². The van der Waals surface area contributed by atoms with Crippen molar-refractivity contribution < 1.29 is 9.18 Å². The number of benzene rings is 1. The molecule has 1 aliphatic rings. The van der Waals surface area contributed by atoms with Crippen molar-refractivity contribution in [3.8, 4) is 0 Å². The van der Waals surface area contributed by atoms with E-state index in [1.54, 1.807) is 12.4 Å². The van der Waals surface area contributed by atoms with Gasteiger partial charge in [-0.3, -0.25) is 14.8 Å². The van der Waals surface area contributed by atoms with Gasteiger partial charge in [0.25, 0.3) is 5.91 Å². The Hall–Kier alpha value is -3.15. The van der Waals surface area contributed by atoms with Gasteiger partial charge in [0.1, 0.15) is 11.5 Å². The van der Waals surface area contributed by atoms with Gasteiger partial charge >= 0.3 is 0 Å². The number of nitrogens with zero attached hydrogens (tertiary/aromatic N) is 4. The molecule has 1 fully saturated rings. The molecule has 1 aromatic carbocycles. The van der Waals surface area contributed by atoms with Crippen LogP contribution in [0.5, 0.6) is 0 Å². The van der Waals surface area contributed by atoms with Crippen LogP contribution in [0.25, 0.3) is 0 Å². The third-order valence-corrected chi connectivity index (χ3v) is 5.48. The summed E-state index contributed by atoms with van der Waals surface area (Å²) in [5, 5.41) is 0. The molecular weight excluding hydrogens is 379 g/mol. The van der Waals surface area contributed by atoms with Crippen LogP contribution in [0.4, 0.5) is 4.39 Å². The van der Waals surface area contributed by atoms with E-state index >= 15 is 0 Å². The third-order valence-electron chi connectivity index (χ3n) is 5.48. The van der Waals surface area contributed by atoms with Crippen molar-refractivity contribution in [2.45, 2.75) is 39.0 Å². The topological polar surface area (TPSA) is 59.0 Å². The summed E-state index contributed by atoms with van der Waals surface area (Å²) in [6.07, 6.45) is 5.82. The molecule has 1 aliphatic heterocycles. The zero-order valence-corrected chi connectivity index (χ0v) is 17.3. The average molecular weight is 404 g/mol. The number of amides is 1. The van der Waals surface area contributed by atoms with Crippen molar-refractivity contribution in [3.05, 3.63) is 88.5 Å². The minimum absolute atomic E-state index is 0.0774. The lowest BCUT2D eigenvalue weighted by atomic mass is 9.92. The van der Waals surface area contributed by atoms with Crippen LogP contribution >= 0.6 is 0 Å². The molecule has 1 atom stereocenters. The quantitative estimate of drug-likeness (QED) is 0.653. The van der Waals surface area contributed by atoms with Gasteiger partial charge in [0.05, 0.1) is 11.9 Å². The molecular formula is C24H25FN4O. The molecule has 6 heteroatoms. The lowest BCUT2D eigenvalue weighted by molar-refractivity contribution is 0.0699. The second kappa shape index (κ2) is 8.69. The van der Waals surface area contributed by atoms with E-state index in [1.165, 1.54) is 12.1 Å². The normalized spacial score (nSPS) is 16.5. The summed E-state index contributed by atoms with van der Waals surface area (Å²) in [7, 11) is 0. The van der Waals surface area contributed by atoms with E-state index < -0.39 is 0 Å². The first-order valence-corrected chi connectivity index (χ1v) is 10.3. The number of likely N-dealkylation sites (tertiary alicyclic amines) is 1. The molecule has 1 unspecified atom stereocenters. The van der Waals surface area contributed by atoms with Crippen molar-refractivity contribution in [1.29, 1.82) is 0 Å². The van der Waals surface area contributed by atoms with E-state index in [1.807, 2.05) is 30.9 Å². The number of piperidine rings is 1. The Labute approximate surface area is 176 Å². The number of rotatable bonds is 4. The fourth-order valence-electron chi connectivity index (χ4n) is 3.99. The number of hydrogen-bond donors (Lipinski definition) is 0. The molecule has 3 aromatic rings. The second-order valence-corrected chi connectivity index (χ2v) is 7.98. The predicted octanol–water partition coefficient (Wildman–Crippen LogP) is 4.24. The first kappa shape index (κ1) is 20.1. The standard InChI is InChI=1S/C24H25FN4O/c1-16-10-19(11-18-5-7-21(25)8-6-18)12-22(28-16)20-4-3-9-29(15-20)24(30)23-14-26-17(2)13-27-23/h5-8,10,12-14,20H,3-4,9,11,15H2,1-2H3. The summed E-state index contributed by atoms with van der Waals surface area (Å²) in [6, 6.07) is 10.8. The first-order valence-electron chi connectivity index (χ1n) is 10.3. The molecule has 0 radical (unpaired) electrons. The zero-order chi connectivity index (χ0) is 21.1. The van der Waals surface area contributed by atoms with Crippen molar-refractivity contribution in [1.82, 2.24) is 19.9 Å². The smallest absolute Gasteiger partial charge is 0.274 e. The van der Waals surface area contributed by atoms with E-state index in [4.69, 9.17) is 4.98 Å². The van der Waals surface area contributed by atoms with Gasteiger partial charge in [0, 0.05) is 36.6 Å². The molecule has 0 spiro atoms. The van der Waals surface area contributed by atoms with Gasteiger partial charge < -0.3 is 4.90 Å². The first-order chi connectivity index (χ1) is 14.5. The predicted molar refractivity (Wildman–Crippen MR) is 113 cm³/mol. The Morgan fingerprint density at radius 3 is 2.60 bits per heavy atom. The van der Waals surface area contributed by atoms with E-state index in [9.17, 15) is 9.18 Å². The number of halogens is 1. The molecule has 0 saturated carbocycles. The number of pyridine rings is 1. The SMILES string of the molecule is Cc1cnc(C(=O)N2CCCC(c3cc(Cc4ccc(F)cc4)cc(C)n3)C2)cn1. The summed E-state index contributed by atoms with van der Waals surface area (Å²) >= 11 is 0. The fourth-order valence-corrected chi connectivity index (χ4v) is 3.99. The van der Waals surface area contributed by atoms with Crippen molar-refractivity contribution in [3.63, 3.8) is 0 Å². The summed E-state index contributed by atoms with van der Waals surface area (Å²) in [4.78, 5) is 27.9. The van der Waals surface area contributed by atoms with Crippen LogP contribution in [0, 0.1) is 19.7 Å². The maximum Gasteiger partial charge on any atom is 0.274 e. The van der Waals surface area contributed by atoms with E-state index in [-0.39, 0.29) is 17.6 Å². The highest BCUT2D eigenvalue weighted by atomic mass is 19.1. The Kier molecular flexibility index (Phi) is 5.84. The highest BCUT2D eigenvalue weighted by molar-refractivity contribution is 5.92. The Morgan fingerprint density at radius 2 is 1.87 bits per heavy atom. The summed E-state index contributed by atoms with van der Waals surface area (Å²) in [5.74, 6) is -0.116. The molecule has 5 nitrogen and oxygen atoms in total. The molecule has 4 rings (SSSR count). The van der Waals surface area contributed by atoms with Crippen LogP contribution in [-0.2, 0) is 6.42 Å². The summed E-state index contributed by atoms with van der Waals surface area (Å²) < 4.78 is 13.2. The molecule has 0 bridgehead atoms. The third kappa shape index (κ3) is 4.70. The molecule has 1 saturated heterocycles. The molecule has 154 valence electrons. The van der Waals surface area contributed by atoms with Crippen molar-refractivity contribution in [2.24, 2.45) is 0 Å². The van der Waals surface area contributed by atoms with Crippen LogP contribution < -0.4 is 0 Å². The maximum absolute atomic E-state index is 13.2.